The molecule has 0 aliphatic heterocycles. The van der Waals surface area contributed by atoms with Crippen LogP contribution in [0.2, 0.25) is 5.02 Å². The van der Waals surface area contributed by atoms with Crippen LogP contribution in [0, 0.1) is 3.57 Å². The highest BCUT2D eigenvalue weighted by molar-refractivity contribution is 14.1. The van der Waals surface area contributed by atoms with Gasteiger partial charge in [-0.25, -0.2) is 4.98 Å². The Bertz CT molecular complexity index is 1220. The van der Waals surface area contributed by atoms with E-state index in [1.165, 1.54) is 0 Å². The van der Waals surface area contributed by atoms with Crippen molar-refractivity contribution in [3.63, 3.8) is 0 Å². The zero-order valence-corrected chi connectivity index (χ0v) is 19.5. The molecule has 0 saturated carbocycles. The molecule has 31 heavy (non-hydrogen) atoms. The summed E-state index contributed by atoms with van der Waals surface area (Å²) in [4.78, 5) is 17.9. The van der Waals surface area contributed by atoms with E-state index in [9.17, 15) is 4.79 Å². The van der Waals surface area contributed by atoms with Crippen molar-refractivity contribution in [3.05, 3.63) is 91.7 Å². The molecule has 0 fully saturated rings. The van der Waals surface area contributed by atoms with Gasteiger partial charge >= 0.3 is 0 Å². The molecule has 5 nitrogen and oxygen atoms in total. The van der Waals surface area contributed by atoms with Gasteiger partial charge < -0.3 is 9.47 Å². The molecule has 0 saturated heterocycles. The predicted molar refractivity (Wildman–Crippen MR) is 132 cm³/mol. The lowest BCUT2D eigenvalue weighted by Gasteiger charge is -2.14. The van der Waals surface area contributed by atoms with Gasteiger partial charge in [0.25, 0.3) is 5.56 Å². The van der Waals surface area contributed by atoms with E-state index in [2.05, 4.69) is 22.6 Å². The Morgan fingerprint density at radius 3 is 2.42 bits per heavy atom. The molecule has 0 N–H and O–H groups in total. The molecule has 0 spiro atoms. The third kappa shape index (κ3) is 5.44. The topological polar surface area (TPSA) is 53.4 Å². The van der Waals surface area contributed by atoms with Crippen LogP contribution in [0.25, 0.3) is 22.3 Å². The zero-order chi connectivity index (χ0) is 21.6. The van der Waals surface area contributed by atoms with Gasteiger partial charge in [-0.2, -0.15) is 0 Å². The lowest BCUT2D eigenvalue weighted by Crippen LogP contribution is -2.26. The fourth-order valence-corrected chi connectivity index (χ4v) is 3.69. The molecule has 0 radical (unpaired) electrons. The summed E-state index contributed by atoms with van der Waals surface area (Å²) in [5.74, 6) is 1.41. The molecule has 4 rings (SSSR count). The van der Waals surface area contributed by atoms with E-state index in [0.717, 1.165) is 14.9 Å². The Morgan fingerprint density at radius 2 is 1.65 bits per heavy atom. The van der Waals surface area contributed by atoms with E-state index < -0.39 is 0 Å². The molecular formula is C24H20ClIN2O3. The lowest BCUT2D eigenvalue weighted by atomic mass is 10.2. The zero-order valence-electron chi connectivity index (χ0n) is 16.6. The minimum absolute atomic E-state index is 0.0886. The third-order valence-corrected chi connectivity index (χ3v) is 5.70. The van der Waals surface area contributed by atoms with Crippen molar-refractivity contribution in [1.82, 2.24) is 9.55 Å². The van der Waals surface area contributed by atoms with Gasteiger partial charge in [-0.05, 0) is 83.3 Å². The van der Waals surface area contributed by atoms with Crippen molar-refractivity contribution in [3.8, 4) is 17.1 Å². The van der Waals surface area contributed by atoms with Crippen molar-refractivity contribution < 1.29 is 9.47 Å². The molecule has 7 heteroatoms. The predicted octanol–water partition coefficient (Wildman–Crippen LogP) is 5.42. The van der Waals surface area contributed by atoms with E-state index in [4.69, 9.17) is 26.1 Å². The summed E-state index contributed by atoms with van der Waals surface area (Å²) in [6.45, 7) is 1.63. The number of rotatable bonds is 8. The summed E-state index contributed by atoms with van der Waals surface area (Å²) in [5, 5.41) is 1.22. The number of benzene rings is 3. The van der Waals surface area contributed by atoms with Crippen molar-refractivity contribution in [2.45, 2.75) is 6.54 Å². The monoisotopic (exact) mass is 546 g/mol. The third-order valence-electron chi connectivity index (χ3n) is 4.73. The minimum Gasteiger partial charge on any atom is -0.491 e. The van der Waals surface area contributed by atoms with E-state index in [0.29, 0.717) is 48.1 Å². The number of nitrogens with zero attached hydrogens (tertiary/aromatic N) is 2. The standard InChI is InChI=1S/C24H20ClIN2O3/c25-18-7-5-17(6-8-18)23-27-22-4-2-1-3-21(22)24(29)28(23)13-14-30-15-16-31-20-11-9-19(26)10-12-20/h1-12H,13-16H2. The summed E-state index contributed by atoms with van der Waals surface area (Å²) in [5.41, 5.74) is 1.41. The number of para-hydroxylation sites is 1. The highest BCUT2D eigenvalue weighted by Gasteiger charge is 2.12. The first-order chi connectivity index (χ1) is 15.1. The molecule has 0 amide bonds. The number of ether oxygens (including phenoxy) is 2. The van der Waals surface area contributed by atoms with Crippen LogP contribution in [-0.4, -0.2) is 29.4 Å². The van der Waals surface area contributed by atoms with Gasteiger partial charge in [-0.1, -0.05) is 23.7 Å². The second kappa shape index (κ2) is 10.3. The molecule has 0 unspecified atom stereocenters. The van der Waals surface area contributed by atoms with Crippen molar-refractivity contribution in [2.75, 3.05) is 19.8 Å². The maximum absolute atomic E-state index is 13.1. The van der Waals surface area contributed by atoms with E-state index in [1.807, 2.05) is 54.6 Å². The first-order valence-electron chi connectivity index (χ1n) is 9.83. The van der Waals surface area contributed by atoms with Crippen molar-refractivity contribution in [1.29, 1.82) is 0 Å². The van der Waals surface area contributed by atoms with Gasteiger partial charge in [-0.3, -0.25) is 9.36 Å². The highest BCUT2D eigenvalue weighted by atomic mass is 127. The molecule has 158 valence electrons. The van der Waals surface area contributed by atoms with Crippen LogP contribution in [0.1, 0.15) is 0 Å². The van der Waals surface area contributed by atoms with Gasteiger partial charge in [0.1, 0.15) is 18.2 Å². The Balaban J connectivity index is 1.46. The second-order valence-electron chi connectivity index (χ2n) is 6.83. The van der Waals surface area contributed by atoms with Gasteiger partial charge in [0, 0.05) is 14.2 Å². The van der Waals surface area contributed by atoms with Gasteiger partial charge in [-0.15, -0.1) is 0 Å². The van der Waals surface area contributed by atoms with E-state index in [1.54, 1.807) is 22.8 Å². The molecule has 0 atom stereocenters. The summed E-state index contributed by atoms with van der Waals surface area (Å²) in [6.07, 6.45) is 0. The molecule has 1 aromatic heterocycles. The molecule has 1 heterocycles. The number of fused-ring (bicyclic) bond motifs is 1. The molecule has 3 aromatic carbocycles. The first-order valence-corrected chi connectivity index (χ1v) is 11.3. The fourth-order valence-electron chi connectivity index (χ4n) is 3.20. The minimum atomic E-state index is -0.0886. The number of hydrogen-bond donors (Lipinski definition) is 0. The SMILES string of the molecule is O=c1c2ccccc2nc(-c2ccc(Cl)cc2)n1CCOCCOc1ccc(I)cc1. The second-order valence-corrected chi connectivity index (χ2v) is 8.51. The highest BCUT2D eigenvalue weighted by Crippen LogP contribution is 2.21. The van der Waals surface area contributed by atoms with Crippen LogP contribution in [0.3, 0.4) is 0 Å². The molecule has 4 aromatic rings. The van der Waals surface area contributed by atoms with Crippen LogP contribution in [-0.2, 0) is 11.3 Å². The quantitative estimate of drug-likeness (QED) is 0.219. The Kier molecular flexibility index (Phi) is 7.21. The Morgan fingerprint density at radius 1 is 0.903 bits per heavy atom. The maximum Gasteiger partial charge on any atom is 0.261 e. The number of hydrogen-bond acceptors (Lipinski definition) is 4. The van der Waals surface area contributed by atoms with Crippen LogP contribution in [0.4, 0.5) is 0 Å². The molecule has 0 aliphatic rings. The largest absolute Gasteiger partial charge is 0.491 e. The van der Waals surface area contributed by atoms with Gasteiger partial charge in [0.15, 0.2) is 0 Å². The molecule has 0 bridgehead atoms. The fraction of sp³-hybridized carbons (Fsp3) is 0.167. The van der Waals surface area contributed by atoms with Gasteiger partial charge in [0.2, 0.25) is 0 Å². The van der Waals surface area contributed by atoms with E-state index in [-0.39, 0.29) is 5.56 Å². The summed E-state index contributed by atoms with van der Waals surface area (Å²) >= 11 is 8.28. The van der Waals surface area contributed by atoms with Crippen molar-refractivity contribution in [2.24, 2.45) is 0 Å². The average molecular weight is 547 g/mol. The summed E-state index contributed by atoms with van der Waals surface area (Å²) < 4.78 is 14.2. The van der Waals surface area contributed by atoms with Gasteiger partial charge in [0.05, 0.1) is 30.7 Å². The number of aromatic nitrogens is 2. The molecule has 0 aliphatic carbocycles. The number of halogens is 2. The Hall–Kier alpha value is -2.42. The smallest absolute Gasteiger partial charge is 0.261 e. The van der Waals surface area contributed by atoms with Crippen LogP contribution < -0.4 is 10.3 Å². The normalized spacial score (nSPS) is 11.0. The molecular weight excluding hydrogens is 527 g/mol. The van der Waals surface area contributed by atoms with Crippen LogP contribution in [0.15, 0.2) is 77.6 Å². The first kappa shape index (κ1) is 21.8. The summed E-state index contributed by atoms with van der Waals surface area (Å²) in [6, 6.07) is 22.5. The lowest BCUT2D eigenvalue weighted by molar-refractivity contribution is 0.0940. The Labute approximate surface area is 198 Å². The van der Waals surface area contributed by atoms with Crippen LogP contribution >= 0.6 is 34.2 Å². The van der Waals surface area contributed by atoms with Crippen molar-refractivity contribution >= 4 is 45.1 Å². The summed E-state index contributed by atoms with van der Waals surface area (Å²) in [7, 11) is 0. The van der Waals surface area contributed by atoms with Crippen LogP contribution in [0.5, 0.6) is 5.75 Å². The van der Waals surface area contributed by atoms with E-state index >= 15 is 0 Å². The maximum atomic E-state index is 13.1. The average Bonchev–Trinajstić information content (AvgIpc) is 2.79.